The largest absolute Gasteiger partial charge is 0.455 e. The maximum atomic E-state index is 12.3. The first-order valence-electron chi connectivity index (χ1n) is 12.2. The van der Waals surface area contributed by atoms with E-state index >= 15 is 0 Å². The van der Waals surface area contributed by atoms with Crippen LogP contribution in [0.4, 0.5) is 0 Å². The van der Waals surface area contributed by atoms with Gasteiger partial charge in [-0.1, -0.05) is 81.5 Å². The Morgan fingerprint density at radius 1 is 0.875 bits per heavy atom. The van der Waals surface area contributed by atoms with Gasteiger partial charge in [0.2, 0.25) is 6.29 Å². The first kappa shape index (κ1) is 25.9. The number of carbonyl (C=O) groups is 1. The average molecular weight is 441 g/mol. The van der Waals surface area contributed by atoms with Crippen LogP contribution in [0.5, 0.6) is 5.75 Å². The van der Waals surface area contributed by atoms with Crippen molar-refractivity contribution in [3.63, 3.8) is 0 Å². The minimum Gasteiger partial charge on any atom is -0.455 e. The van der Waals surface area contributed by atoms with E-state index in [4.69, 9.17) is 9.47 Å². The predicted octanol–water partition coefficient (Wildman–Crippen LogP) is 6.52. The smallest absolute Gasteiger partial charge is 0.314 e. The van der Waals surface area contributed by atoms with Crippen LogP contribution in [0.1, 0.15) is 69.9 Å². The van der Waals surface area contributed by atoms with Crippen LogP contribution in [0.25, 0.3) is 0 Å². The van der Waals surface area contributed by atoms with Gasteiger partial charge in [-0.05, 0) is 30.5 Å². The Morgan fingerprint density at radius 2 is 1.53 bits per heavy atom. The van der Waals surface area contributed by atoms with Crippen molar-refractivity contribution in [3.8, 4) is 5.75 Å². The third-order valence-corrected chi connectivity index (χ3v) is 5.72. The normalized spacial score (nSPS) is 12.4. The molecule has 4 nitrogen and oxygen atoms in total. The van der Waals surface area contributed by atoms with Gasteiger partial charge in [0.25, 0.3) is 0 Å². The van der Waals surface area contributed by atoms with Crippen LogP contribution in [0, 0.1) is 0 Å². The number of hydrogen-bond acceptors (Lipinski definition) is 3. The molecule has 0 aliphatic carbocycles. The molecule has 0 spiro atoms. The summed E-state index contributed by atoms with van der Waals surface area (Å²) in [5.74, 6) is 0.508. The quantitative estimate of drug-likeness (QED) is 0.137. The summed E-state index contributed by atoms with van der Waals surface area (Å²) in [6, 6.07) is 18.5. The molecular weight excluding hydrogens is 398 g/mol. The molecule has 0 fully saturated rings. The van der Waals surface area contributed by atoms with Gasteiger partial charge in [-0.15, -0.1) is 0 Å². The fourth-order valence-electron chi connectivity index (χ4n) is 3.85. The topological polar surface area (TPSA) is 35.5 Å². The molecule has 2 rings (SSSR count). The molecule has 4 heteroatoms. The highest BCUT2D eigenvalue weighted by molar-refractivity contribution is 5.69. The first-order valence-corrected chi connectivity index (χ1v) is 12.2. The van der Waals surface area contributed by atoms with Crippen LogP contribution in [-0.4, -0.2) is 37.4 Å². The van der Waals surface area contributed by atoms with E-state index in [0.29, 0.717) is 13.0 Å². The molecule has 1 unspecified atom stereocenters. The Morgan fingerprint density at radius 3 is 2.22 bits per heavy atom. The molecule has 32 heavy (non-hydrogen) atoms. The monoisotopic (exact) mass is 440 g/mol. The lowest BCUT2D eigenvalue weighted by atomic mass is 10.0. The van der Waals surface area contributed by atoms with E-state index in [2.05, 4.69) is 45.3 Å². The Bertz CT molecular complexity index is 771. The Balaban J connectivity index is 1.66. The van der Waals surface area contributed by atoms with Crippen molar-refractivity contribution in [2.75, 3.05) is 20.6 Å². The van der Waals surface area contributed by atoms with Gasteiger partial charge < -0.3 is 14.0 Å². The highest BCUT2D eigenvalue weighted by Crippen LogP contribution is 2.17. The highest BCUT2D eigenvalue weighted by atomic mass is 16.7. The summed E-state index contributed by atoms with van der Waals surface area (Å²) in [6.45, 7) is 5.61. The molecule has 0 N–H and O–H groups in total. The lowest BCUT2D eigenvalue weighted by Gasteiger charge is -2.29. The Labute approximate surface area is 195 Å². The molecule has 176 valence electrons. The Kier molecular flexibility index (Phi) is 11.3. The zero-order valence-electron chi connectivity index (χ0n) is 20.5. The van der Waals surface area contributed by atoms with Crippen LogP contribution in [-0.2, 0) is 22.5 Å². The van der Waals surface area contributed by atoms with Gasteiger partial charge in [0.15, 0.2) is 0 Å². The zero-order chi connectivity index (χ0) is 23.2. The van der Waals surface area contributed by atoms with Gasteiger partial charge in [0, 0.05) is 12.5 Å². The molecule has 1 atom stereocenters. The fraction of sp³-hybridized carbons (Fsp3) is 0.536. The van der Waals surface area contributed by atoms with Crippen LogP contribution >= 0.6 is 0 Å². The van der Waals surface area contributed by atoms with Crippen LogP contribution < -0.4 is 4.74 Å². The van der Waals surface area contributed by atoms with Crippen LogP contribution in [0.15, 0.2) is 54.6 Å². The summed E-state index contributed by atoms with van der Waals surface area (Å²) in [5.41, 5.74) is 2.60. The zero-order valence-corrected chi connectivity index (χ0v) is 20.5. The SMILES string of the molecule is CCCCCCCCc1ccc(OC(C)OC(=O)CC[N+](C)(C)Cc2ccccc2)cc1. The molecule has 0 aliphatic rings. The highest BCUT2D eigenvalue weighted by Gasteiger charge is 2.20. The van der Waals surface area contributed by atoms with Crippen molar-refractivity contribution in [1.29, 1.82) is 0 Å². The van der Waals surface area contributed by atoms with Crippen molar-refractivity contribution in [2.24, 2.45) is 0 Å². The van der Waals surface area contributed by atoms with Crippen LogP contribution in [0.2, 0.25) is 0 Å². The number of rotatable bonds is 15. The number of hydrogen-bond donors (Lipinski definition) is 0. The number of quaternary nitrogens is 1. The lowest BCUT2D eigenvalue weighted by molar-refractivity contribution is -0.903. The van der Waals surface area contributed by atoms with E-state index in [1.807, 2.05) is 30.3 Å². The lowest BCUT2D eigenvalue weighted by Crippen LogP contribution is -2.40. The molecule has 2 aromatic carbocycles. The third-order valence-electron chi connectivity index (χ3n) is 5.72. The predicted molar refractivity (Wildman–Crippen MR) is 131 cm³/mol. The van der Waals surface area contributed by atoms with Gasteiger partial charge in [0.05, 0.1) is 27.1 Å². The molecule has 0 saturated carbocycles. The molecule has 0 bridgehead atoms. The number of carbonyl (C=O) groups excluding carboxylic acids is 1. The van der Waals surface area contributed by atoms with Crippen molar-refractivity contribution < 1.29 is 18.8 Å². The maximum absolute atomic E-state index is 12.3. The minimum atomic E-state index is -0.600. The molecule has 0 heterocycles. The summed E-state index contributed by atoms with van der Waals surface area (Å²) in [6.07, 6.45) is 8.72. The van der Waals surface area contributed by atoms with Gasteiger partial charge in [0.1, 0.15) is 12.3 Å². The number of unbranched alkanes of at least 4 members (excludes halogenated alkanes) is 5. The van der Waals surface area contributed by atoms with E-state index in [9.17, 15) is 4.79 Å². The molecule has 0 aromatic heterocycles. The number of benzene rings is 2. The second-order valence-corrected chi connectivity index (χ2v) is 9.39. The number of aryl methyl sites for hydroxylation is 1. The van der Waals surface area contributed by atoms with E-state index in [1.165, 1.54) is 49.7 Å². The van der Waals surface area contributed by atoms with Crippen molar-refractivity contribution in [2.45, 2.75) is 78.0 Å². The molecule has 0 radical (unpaired) electrons. The van der Waals surface area contributed by atoms with Gasteiger partial charge in [-0.25, -0.2) is 0 Å². The van der Waals surface area contributed by atoms with Crippen molar-refractivity contribution >= 4 is 5.97 Å². The Hall–Kier alpha value is -2.33. The number of esters is 1. The van der Waals surface area contributed by atoms with E-state index in [-0.39, 0.29) is 5.97 Å². The van der Waals surface area contributed by atoms with Crippen molar-refractivity contribution in [1.82, 2.24) is 0 Å². The van der Waals surface area contributed by atoms with E-state index < -0.39 is 6.29 Å². The number of ether oxygens (including phenoxy) is 2. The van der Waals surface area contributed by atoms with Crippen molar-refractivity contribution in [3.05, 3.63) is 65.7 Å². The van der Waals surface area contributed by atoms with Gasteiger partial charge >= 0.3 is 5.97 Å². The van der Waals surface area contributed by atoms with Gasteiger partial charge in [-0.2, -0.15) is 0 Å². The average Bonchev–Trinajstić information content (AvgIpc) is 2.76. The number of nitrogens with zero attached hydrogens (tertiary/aromatic N) is 1. The summed E-state index contributed by atoms with van der Waals surface area (Å²) in [7, 11) is 4.26. The second-order valence-electron chi connectivity index (χ2n) is 9.39. The fourth-order valence-corrected chi connectivity index (χ4v) is 3.85. The van der Waals surface area contributed by atoms with E-state index in [1.54, 1.807) is 6.92 Å². The molecule has 0 amide bonds. The minimum absolute atomic E-state index is 0.226. The van der Waals surface area contributed by atoms with Gasteiger partial charge in [-0.3, -0.25) is 4.79 Å². The standard InChI is InChI=1S/C28H42NO3/c1-5-6-7-8-9-11-14-25-17-19-27(20-18-25)31-24(2)32-28(30)21-22-29(3,4)23-26-15-12-10-13-16-26/h10,12-13,15-20,24H,5-9,11,14,21-23H2,1-4H3/q+1. The van der Waals surface area contributed by atoms with Crippen LogP contribution in [0.3, 0.4) is 0 Å². The second kappa shape index (κ2) is 13.9. The molecule has 2 aromatic rings. The molecular formula is C28H42NO3+. The summed E-state index contributed by atoms with van der Waals surface area (Å²) < 4.78 is 12.0. The third kappa shape index (κ3) is 10.8. The maximum Gasteiger partial charge on any atom is 0.314 e. The van der Waals surface area contributed by atoms with E-state index in [0.717, 1.165) is 23.2 Å². The molecule has 0 saturated heterocycles. The first-order chi connectivity index (χ1) is 15.4. The summed E-state index contributed by atoms with van der Waals surface area (Å²) in [5, 5.41) is 0. The molecule has 0 aliphatic heterocycles. The summed E-state index contributed by atoms with van der Waals surface area (Å²) >= 11 is 0. The summed E-state index contributed by atoms with van der Waals surface area (Å²) in [4.78, 5) is 12.3.